The number of benzene rings is 1. The van der Waals surface area contributed by atoms with Gasteiger partial charge < -0.3 is 10.4 Å². The Labute approximate surface area is 120 Å². The van der Waals surface area contributed by atoms with E-state index in [0.29, 0.717) is 5.41 Å². The minimum absolute atomic E-state index is 0.0287. The van der Waals surface area contributed by atoms with Crippen LogP contribution in [-0.4, -0.2) is 16.6 Å². The van der Waals surface area contributed by atoms with E-state index in [4.69, 9.17) is 0 Å². The van der Waals surface area contributed by atoms with E-state index in [1.165, 1.54) is 25.7 Å². The molecule has 0 aliphatic heterocycles. The molecule has 0 saturated heterocycles. The average Bonchev–Trinajstić information content (AvgIpc) is 3.24. The highest BCUT2D eigenvalue weighted by atomic mass is 16.3. The minimum atomic E-state index is 0.0287. The molecule has 3 nitrogen and oxygen atoms in total. The maximum atomic E-state index is 9.55. The first-order valence-electron chi connectivity index (χ1n) is 7.50. The predicted octanol–water partition coefficient (Wildman–Crippen LogP) is 3.72. The van der Waals surface area contributed by atoms with Crippen LogP contribution in [0.3, 0.4) is 0 Å². The molecule has 1 aromatic heterocycles. The lowest BCUT2D eigenvalue weighted by atomic mass is 10.0. The molecule has 0 bridgehead atoms. The number of nitrogens with one attached hydrogen (secondary N) is 1. The quantitative estimate of drug-likeness (QED) is 0.841. The fourth-order valence-electron chi connectivity index (χ4n) is 2.93. The zero-order valence-electron chi connectivity index (χ0n) is 12.0. The first-order chi connectivity index (χ1) is 9.76. The van der Waals surface area contributed by atoms with Crippen molar-refractivity contribution in [2.75, 3.05) is 11.9 Å². The van der Waals surface area contributed by atoms with E-state index in [1.54, 1.807) is 0 Å². The summed E-state index contributed by atoms with van der Waals surface area (Å²) in [4.78, 5) is 4.67. The molecule has 1 fully saturated rings. The molecule has 1 heterocycles. The number of para-hydroxylation sites is 1. The van der Waals surface area contributed by atoms with Crippen LogP contribution in [-0.2, 0) is 6.61 Å². The molecule has 3 rings (SSSR count). The van der Waals surface area contributed by atoms with Gasteiger partial charge in [-0.2, -0.15) is 0 Å². The first-order valence-corrected chi connectivity index (χ1v) is 7.50. The second-order valence-electron chi connectivity index (χ2n) is 5.95. The van der Waals surface area contributed by atoms with Crippen molar-refractivity contribution >= 4 is 16.7 Å². The first kappa shape index (κ1) is 13.4. The van der Waals surface area contributed by atoms with Crippen LogP contribution in [0.1, 0.15) is 38.2 Å². The molecule has 1 aliphatic rings. The number of pyridine rings is 1. The largest absolute Gasteiger partial charge is 0.392 e. The molecule has 3 heteroatoms. The van der Waals surface area contributed by atoms with Crippen molar-refractivity contribution in [2.45, 2.75) is 39.2 Å². The van der Waals surface area contributed by atoms with Crippen LogP contribution in [0.2, 0.25) is 0 Å². The lowest BCUT2D eigenvalue weighted by molar-refractivity contribution is 0.282. The third-order valence-electron chi connectivity index (χ3n) is 4.34. The molecular formula is C17H22N2O. The van der Waals surface area contributed by atoms with Gasteiger partial charge >= 0.3 is 0 Å². The number of rotatable bonds is 6. The van der Waals surface area contributed by atoms with Gasteiger partial charge in [0.25, 0.3) is 0 Å². The Bertz CT molecular complexity index is 605. The highest BCUT2D eigenvalue weighted by Crippen LogP contribution is 2.49. The summed E-state index contributed by atoms with van der Waals surface area (Å²) in [6, 6.07) is 10.1. The molecule has 2 aromatic rings. The summed E-state index contributed by atoms with van der Waals surface area (Å²) >= 11 is 0. The molecule has 1 aromatic carbocycles. The van der Waals surface area contributed by atoms with Crippen LogP contribution in [0.4, 0.5) is 5.82 Å². The number of nitrogens with zero attached hydrogens (tertiary/aromatic N) is 1. The van der Waals surface area contributed by atoms with Gasteiger partial charge in [-0.1, -0.05) is 31.5 Å². The normalized spacial score (nSPS) is 16.3. The Morgan fingerprint density at radius 1 is 1.30 bits per heavy atom. The molecule has 2 N–H and O–H groups in total. The van der Waals surface area contributed by atoms with Crippen molar-refractivity contribution in [3.63, 3.8) is 0 Å². The Morgan fingerprint density at radius 2 is 2.10 bits per heavy atom. The minimum Gasteiger partial charge on any atom is -0.392 e. The van der Waals surface area contributed by atoms with Crippen LogP contribution < -0.4 is 5.32 Å². The SMILES string of the molecule is CCCC1(CNc2nc3ccccc3cc2CO)CC1. The maximum absolute atomic E-state index is 9.55. The molecular weight excluding hydrogens is 248 g/mol. The van der Waals surface area contributed by atoms with Crippen LogP contribution in [0.15, 0.2) is 30.3 Å². The Morgan fingerprint density at radius 3 is 2.80 bits per heavy atom. The molecule has 0 unspecified atom stereocenters. The molecule has 106 valence electrons. The van der Waals surface area contributed by atoms with Gasteiger partial charge in [0, 0.05) is 17.5 Å². The Balaban J connectivity index is 1.83. The fourth-order valence-corrected chi connectivity index (χ4v) is 2.93. The van der Waals surface area contributed by atoms with E-state index in [-0.39, 0.29) is 6.61 Å². The summed E-state index contributed by atoms with van der Waals surface area (Å²) in [6.07, 6.45) is 5.15. The smallest absolute Gasteiger partial charge is 0.132 e. The molecule has 0 radical (unpaired) electrons. The van der Waals surface area contributed by atoms with Crippen molar-refractivity contribution in [3.05, 3.63) is 35.9 Å². The molecule has 0 atom stereocenters. The van der Waals surface area contributed by atoms with E-state index in [0.717, 1.165) is 28.8 Å². The van der Waals surface area contributed by atoms with Crippen molar-refractivity contribution in [1.29, 1.82) is 0 Å². The standard InChI is InChI=1S/C17H22N2O/c1-2-7-17(8-9-17)12-18-16-14(11-20)10-13-5-3-4-6-15(13)19-16/h3-6,10,20H,2,7-9,11-12H2,1H3,(H,18,19). The van der Waals surface area contributed by atoms with Crippen LogP contribution in [0.5, 0.6) is 0 Å². The highest BCUT2D eigenvalue weighted by molar-refractivity contribution is 5.81. The van der Waals surface area contributed by atoms with Gasteiger partial charge in [-0.15, -0.1) is 0 Å². The molecule has 1 saturated carbocycles. The van der Waals surface area contributed by atoms with E-state index in [1.807, 2.05) is 30.3 Å². The average molecular weight is 270 g/mol. The van der Waals surface area contributed by atoms with Crippen molar-refractivity contribution in [2.24, 2.45) is 5.41 Å². The topological polar surface area (TPSA) is 45.2 Å². The summed E-state index contributed by atoms with van der Waals surface area (Å²) in [6.45, 7) is 3.24. The third-order valence-corrected chi connectivity index (χ3v) is 4.34. The van der Waals surface area contributed by atoms with Crippen LogP contribution >= 0.6 is 0 Å². The fraction of sp³-hybridized carbons (Fsp3) is 0.471. The highest BCUT2D eigenvalue weighted by Gasteiger charge is 2.41. The van der Waals surface area contributed by atoms with Crippen molar-refractivity contribution in [3.8, 4) is 0 Å². The second-order valence-corrected chi connectivity index (χ2v) is 5.95. The third kappa shape index (κ3) is 2.63. The van der Waals surface area contributed by atoms with Gasteiger partial charge in [0.2, 0.25) is 0 Å². The number of aliphatic hydroxyl groups excluding tert-OH is 1. The summed E-state index contributed by atoms with van der Waals surface area (Å²) in [5, 5.41) is 14.1. The lowest BCUT2D eigenvalue weighted by Crippen LogP contribution is -2.17. The van der Waals surface area contributed by atoms with Gasteiger partial charge in [-0.25, -0.2) is 4.98 Å². The number of hydrogen-bond acceptors (Lipinski definition) is 3. The zero-order chi connectivity index (χ0) is 14.0. The van der Waals surface area contributed by atoms with Crippen molar-refractivity contribution < 1.29 is 5.11 Å². The van der Waals surface area contributed by atoms with Gasteiger partial charge in [-0.3, -0.25) is 0 Å². The molecule has 0 amide bonds. The summed E-state index contributed by atoms with van der Waals surface area (Å²) < 4.78 is 0. The molecule has 0 spiro atoms. The van der Waals surface area contributed by atoms with Gasteiger partial charge in [0.05, 0.1) is 12.1 Å². The van der Waals surface area contributed by atoms with Crippen LogP contribution in [0.25, 0.3) is 10.9 Å². The Kier molecular flexibility index (Phi) is 3.62. The molecule has 1 aliphatic carbocycles. The summed E-state index contributed by atoms with van der Waals surface area (Å²) in [7, 11) is 0. The summed E-state index contributed by atoms with van der Waals surface area (Å²) in [5.74, 6) is 0.841. The number of aromatic nitrogens is 1. The number of anilines is 1. The predicted molar refractivity (Wildman–Crippen MR) is 82.7 cm³/mol. The lowest BCUT2D eigenvalue weighted by Gasteiger charge is -2.17. The van der Waals surface area contributed by atoms with Crippen molar-refractivity contribution in [1.82, 2.24) is 4.98 Å². The van der Waals surface area contributed by atoms with E-state index >= 15 is 0 Å². The van der Waals surface area contributed by atoms with E-state index in [2.05, 4.69) is 17.2 Å². The summed E-state index contributed by atoms with van der Waals surface area (Å²) in [5.41, 5.74) is 2.35. The number of fused-ring (bicyclic) bond motifs is 1. The molecule has 20 heavy (non-hydrogen) atoms. The number of aliphatic hydroxyl groups is 1. The van der Waals surface area contributed by atoms with Gasteiger partial charge in [0.1, 0.15) is 5.82 Å². The van der Waals surface area contributed by atoms with Gasteiger partial charge in [0.15, 0.2) is 0 Å². The van der Waals surface area contributed by atoms with E-state index < -0.39 is 0 Å². The van der Waals surface area contributed by atoms with E-state index in [9.17, 15) is 5.11 Å². The number of hydrogen-bond donors (Lipinski definition) is 2. The Hall–Kier alpha value is -1.61. The van der Waals surface area contributed by atoms with Gasteiger partial charge in [-0.05, 0) is 36.8 Å². The maximum Gasteiger partial charge on any atom is 0.132 e. The van der Waals surface area contributed by atoms with Crippen LogP contribution in [0, 0.1) is 5.41 Å². The second kappa shape index (κ2) is 5.41. The monoisotopic (exact) mass is 270 g/mol. The zero-order valence-corrected chi connectivity index (χ0v) is 12.0.